The number of hydrogen-bond donors (Lipinski definition) is 2. The molecule has 3 aromatic rings. The summed E-state index contributed by atoms with van der Waals surface area (Å²) in [7, 11) is 3.79. The zero-order valence-electron chi connectivity index (χ0n) is 21.7. The lowest BCUT2D eigenvalue weighted by atomic mass is 9.65. The molecule has 0 spiro atoms. The Kier molecular flexibility index (Phi) is 7.51. The van der Waals surface area contributed by atoms with Crippen LogP contribution in [0.5, 0.6) is 11.5 Å². The van der Waals surface area contributed by atoms with E-state index < -0.39 is 17.7 Å². The number of likely N-dealkylation sites (tertiary alicyclic amines) is 1. The van der Waals surface area contributed by atoms with Crippen molar-refractivity contribution in [3.05, 3.63) is 89.5 Å². The van der Waals surface area contributed by atoms with Gasteiger partial charge in [-0.25, -0.2) is 13.6 Å². The lowest BCUT2D eigenvalue weighted by molar-refractivity contribution is 0.156. The Balaban J connectivity index is 1.27. The molecule has 0 bridgehead atoms. The number of ether oxygens (including phenoxy) is 2. The molecule has 200 valence electrons. The number of urea groups is 1. The van der Waals surface area contributed by atoms with E-state index in [1.54, 1.807) is 7.11 Å². The van der Waals surface area contributed by atoms with Crippen molar-refractivity contribution in [3.8, 4) is 11.5 Å². The van der Waals surface area contributed by atoms with Gasteiger partial charge in [-0.3, -0.25) is 0 Å². The van der Waals surface area contributed by atoms with Gasteiger partial charge in [0.15, 0.2) is 23.1 Å². The number of nitrogens with zero attached hydrogens (tertiary/aromatic N) is 1. The predicted molar refractivity (Wildman–Crippen MR) is 143 cm³/mol. The van der Waals surface area contributed by atoms with Gasteiger partial charge in [-0.1, -0.05) is 36.4 Å². The van der Waals surface area contributed by atoms with Crippen molar-refractivity contribution in [2.24, 2.45) is 0 Å². The number of fused-ring (bicyclic) bond motifs is 1. The van der Waals surface area contributed by atoms with Crippen LogP contribution in [0.4, 0.5) is 19.3 Å². The molecule has 1 saturated heterocycles. The summed E-state index contributed by atoms with van der Waals surface area (Å²) in [5, 5.41) is 5.64. The van der Waals surface area contributed by atoms with Gasteiger partial charge in [0, 0.05) is 29.3 Å². The normalized spacial score (nSPS) is 22.9. The molecule has 0 radical (unpaired) electrons. The fourth-order valence-corrected chi connectivity index (χ4v) is 6.01. The van der Waals surface area contributed by atoms with Gasteiger partial charge < -0.3 is 25.0 Å². The molecule has 6 nitrogen and oxygen atoms in total. The molecular formula is C30H33F2N3O3. The molecule has 8 heteroatoms. The molecule has 0 unspecified atom stereocenters. The largest absolute Gasteiger partial charge is 0.493 e. The first-order chi connectivity index (χ1) is 18.4. The molecule has 1 aliphatic heterocycles. The van der Waals surface area contributed by atoms with Crippen molar-refractivity contribution in [1.29, 1.82) is 0 Å². The van der Waals surface area contributed by atoms with Gasteiger partial charge in [0.1, 0.15) is 6.61 Å². The number of carbonyl (C=O) groups is 1. The Bertz CT molecular complexity index is 1290. The monoisotopic (exact) mass is 521 g/mol. The SMILES string of the molecule is COc1cc([C@@]23CC[C@H](NC(=O)Nc4ccc(F)c(F)c4)C[C@H]2N(C)CC3)ccc1OCc1ccccc1. The van der Waals surface area contributed by atoms with Crippen molar-refractivity contribution in [2.45, 2.75) is 49.8 Å². The van der Waals surface area contributed by atoms with E-state index in [1.165, 1.54) is 11.6 Å². The molecule has 5 rings (SSSR count). The van der Waals surface area contributed by atoms with Gasteiger partial charge in [-0.2, -0.15) is 0 Å². The summed E-state index contributed by atoms with van der Waals surface area (Å²) in [4.78, 5) is 15.0. The summed E-state index contributed by atoms with van der Waals surface area (Å²) in [5.41, 5.74) is 2.48. The number of likely N-dealkylation sites (N-methyl/N-ethyl adjacent to an activating group) is 1. The highest BCUT2D eigenvalue weighted by Gasteiger charge is 2.50. The zero-order valence-corrected chi connectivity index (χ0v) is 21.7. The molecule has 2 fully saturated rings. The van der Waals surface area contributed by atoms with Crippen LogP contribution >= 0.6 is 0 Å². The summed E-state index contributed by atoms with van der Waals surface area (Å²) in [6.07, 6.45) is 3.53. The molecule has 2 N–H and O–H groups in total. The number of rotatable bonds is 7. The maximum Gasteiger partial charge on any atom is 0.319 e. The van der Waals surface area contributed by atoms with Crippen LogP contribution in [0.3, 0.4) is 0 Å². The maximum absolute atomic E-state index is 13.5. The zero-order chi connectivity index (χ0) is 26.7. The Morgan fingerprint density at radius 1 is 1.03 bits per heavy atom. The van der Waals surface area contributed by atoms with Crippen molar-refractivity contribution < 1.29 is 23.0 Å². The Morgan fingerprint density at radius 3 is 2.61 bits per heavy atom. The summed E-state index contributed by atoms with van der Waals surface area (Å²) < 4.78 is 38.5. The summed E-state index contributed by atoms with van der Waals surface area (Å²) in [5.74, 6) is -0.517. The van der Waals surface area contributed by atoms with Gasteiger partial charge in [-0.15, -0.1) is 0 Å². The number of carbonyl (C=O) groups excluding carboxylic acids is 1. The molecular weight excluding hydrogens is 488 g/mol. The minimum Gasteiger partial charge on any atom is -0.493 e. The third-order valence-corrected chi connectivity index (χ3v) is 8.02. The van der Waals surface area contributed by atoms with Gasteiger partial charge >= 0.3 is 6.03 Å². The lowest BCUT2D eigenvalue weighted by Crippen LogP contribution is -2.52. The standard InChI is InChI=1S/C30H33F2N3O3/c1-35-15-14-30(21-8-11-26(27(16-21)37-2)38-19-20-6-4-3-5-7-20)13-12-23(18-28(30)35)34-29(36)33-22-9-10-24(31)25(32)17-22/h3-11,16-17,23,28H,12-15,18-19H2,1-2H3,(H2,33,34,36)/t23-,28+,30-/m0/s1. The Labute approximate surface area is 221 Å². The van der Waals surface area contributed by atoms with E-state index in [1.807, 2.05) is 36.4 Å². The molecule has 3 atom stereocenters. The minimum atomic E-state index is -0.996. The number of halogens is 2. The van der Waals surface area contributed by atoms with Crippen LogP contribution in [0.15, 0.2) is 66.7 Å². The predicted octanol–water partition coefficient (Wildman–Crippen LogP) is 5.87. The molecule has 1 saturated carbocycles. The van der Waals surface area contributed by atoms with Crippen LogP contribution in [-0.2, 0) is 12.0 Å². The van der Waals surface area contributed by atoms with Crippen molar-refractivity contribution in [1.82, 2.24) is 10.2 Å². The quantitative estimate of drug-likeness (QED) is 0.408. The average molecular weight is 522 g/mol. The van der Waals surface area contributed by atoms with Crippen LogP contribution in [0.1, 0.15) is 36.8 Å². The Hall–Kier alpha value is -3.65. The average Bonchev–Trinajstić information content (AvgIpc) is 3.27. The second-order valence-electron chi connectivity index (χ2n) is 10.2. The lowest BCUT2D eigenvalue weighted by Gasteiger charge is -2.45. The fraction of sp³-hybridized carbons (Fsp3) is 0.367. The molecule has 2 amide bonds. The molecule has 1 heterocycles. The van der Waals surface area contributed by atoms with Crippen LogP contribution in [0, 0.1) is 11.6 Å². The van der Waals surface area contributed by atoms with Crippen LogP contribution in [-0.4, -0.2) is 43.7 Å². The highest BCUT2D eigenvalue weighted by Crippen LogP contribution is 2.50. The topological polar surface area (TPSA) is 62.8 Å². The van der Waals surface area contributed by atoms with E-state index in [-0.39, 0.29) is 23.2 Å². The molecule has 2 aliphatic rings. The van der Waals surface area contributed by atoms with Gasteiger partial charge in [0.05, 0.1) is 7.11 Å². The van der Waals surface area contributed by atoms with Gasteiger partial charge in [0.25, 0.3) is 0 Å². The van der Waals surface area contributed by atoms with Gasteiger partial charge in [0.2, 0.25) is 0 Å². The first-order valence-electron chi connectivity index (χ1n) is 13.0. The van der Waals surface area contributed by atoms with E-state index in [4.69, 9.17) is 9.47 Å². The van der Waals surface area contributed by atoms with E-state index >= 15 is 0 Å². The number of methoxy groups -OCH3 is 1. The van der Waals surface area contributed by atoms with Crippen molar-refractivity contribution >= 4 is 11.7 Å². The Morgan fingerprint density at radius 2 is 1.84 bits per heavy atom. The number of anilines is 1. The molecule has 0 aromatic heterocycles. The fourth-order valence-electron chi connectivity index (χ4n) is 6.01. The van der Waals surface area contributed by atoms with Crippen LogP contribution in [0.25, 0.3) is 0 Å². The maximum atomic E-state index is 13.5. The number of nitrogens with one attached hydrogen (secondary N) is 2. The van der Waals surface area contributed by atoms with E-state index in [0.29, 0.717) is 18.1 Å². The van der Waals surface area contributed by atoms with Gasteiger partial charge in [-0.05, 0) is 74.7 Å². The van der Waals surface area contributed by atoms with Crippen LogP contribution < -0.4 is 20.1 Å². The highest BCUT2D eigenvalue weighted by atomic mass is 19.2. The smallest absolute Gasteiger partial charge is 0.319 e. The minimum absolute atomic E-state index is 0.0330. The summed E-state index contributed by atoms with van der Waals surface area (Å²) in [6.45, 7) is 1.43. The molecule has 3 aromatic carbocycles. The van der Waals surface area contributed by atoms with Crippen LogP contribution in [0.2, 0.25) is 0 Å². The second kappa shape index (κ2) is 11.0. The molecule has 38 heavy (non-hydrogen) atoms. The highest BCUT2D eigenvalue weighted by molar-refractivity contribution is 5.89. The summed E-state index contributed by atoms with van der Waals surface area (Å²) in [6, 6.07) is 19.4. The third kappa shape index (κ3) is 5.31. The first-order valence-corrected chi connectivity index (χ1v) is 13.0. The second-order valence-corrected chi connectivity index (χ2v) is 10.2. The van der Waals surface area contributed by atoms with E-state index in [2.05, 4.69) is 34.7 Å². The number of hydrogen-bond acceptors (Lipinski definition) is 4. The van der Waals surface area contributed by atoms with Crippen molar-refractivity contribution in [3.63, 3.8) is 0 Å². The molecule has 1 aliphatic carbocycles. The van der Waals surface area contributed by atoms with E-state index in [9.17, 15) is 13.6 Å². The first kappa shape index (κ1) is 26.0. The number of benzene rings is 3. The van der Waals surface area contributed by atoms with Crippen molar-refractivity contribution in [2.75, 3.05) is 26.0 Å². The third-order valence-electron chi connectivity index (χ3n) is 8.02. The van der Waals surface area contributed by atoms with E-state index in [0.717, 1.165) is 49.9 Å². The number of amides is 2. The summed E-state index contributed by atoms with van der Waals surface area (Å²) >= 11 is 0.